The highest BCUT2D eigenvalue weighted by molar-refractivity contribution is 7.89. The topological polar surface area (TPSA) is 94.3 Å². The highest BCUT2D eigenvalue weighted by Crippen LogP contribution is 2.24. The number of rotatable bonds is 6. The van der Waals surface area contributed by atoms with Gasteiger partial charge in [-0.05, 0) is 24.3 Å². The first-order valence-corrected chi connectivity index (χ1v) is 8.56. The molecule has 0 aliphatic heterocycles. The quantitative estimate of drug-likeness (QED) is 0.736. The summed E-state index contributed by atoms with van der Waals surface area (Å²) in [6.45, 7) is -0.0236. The third kappa shape index (κ3) is 3.29. The van der Waals surface area contributed by atoms with Gasteiger partial charge in [-0.15, -0.1) is 0 Å². The molecule has 0 radical (unpaired) electrons. The van der Waals surface area contributed by atoms with Gasteiger partial charge in [0.25, 0.3) is 0 Å². The molecule has 0 saturated carbocycles. The van der Waals surface area contributed by atoms with Crippen molar-refractivity contribution in [3.05, 3.63) is 60.7 Å². The van der Waals surface area contributed by atoms with Crippen molar-refractivity contribution in [3.8, 4) is 17.2 Å². The molecule has 3 rings (SSSR count). The van der Waals surface area contributed by atoms with Crippen molar-refractivity contribution in [1.29, 1.82) is 0 Å². The zero-order valence-corrected chi connectivity index (χ0v) is 13.7. The van der Waals surface area contributed by atoms with E-state index in [-0.39, 0.29) is 17.2 Å². The number of benzene rings is 1. The van der Waals surface area contributed by atoms with Crippen molar-refractivity contribution in [2.24, 2.45) is 0 Å². The van der Waals surface area contributed by atoms with E-state index in [1.54, 1.807) is 30.3 Å². The number of nitrogens with one attached hydrogen (secondary N) is 1. The fraction of sp³-hybridized carbons (Fsp3) is 0.125. The minimum atomic E-state index is -3.76. The third-order valence-corrected chi connectivity index (χ3v) is 4.76. The van der Waals surface area contributed by atoms with Crippen LogP contribution in [-0.4, -0.2) is 25.5 Å². The van der Waals surface area contributed by atoms with Crippen LogP contribution in [0.5, 0.6) is 5.75 Å². The molecule has 3 aromatic rings. The van der Waals surface area contributed by atoms with Crippen LogP contribution in [0.2, 0.25) is 0 Å². The summed E-state index contributed by atoms with van der Waals surface area (Å²) in [5.74, 6) is 0.796. The van der Waals surface area contributed by atoms with E-state index in [4.69, 9.17) is 9.15 Å². The largest absolute Gasteiger partial charge is 0.495 e. The molecular formula is C16H15N3O4S. The Morgan fingerprint density at radius 1 is 1.12 bits per heavy atom. The summed E-state index contributed by atoms with van der Waals surface area (Å²) in [5, 5.41) is 0. The van der Waals surface area contributed by atoms with Gasteiger partial charge in [0.1, 0.15) is 16.3 Å². The summed E-state index contributed by atoms with van der Waals surface area (Å²) in [4.78, 5) is 8.47. The molecule has 0 fully saturated rings. The van der Waals surface area contributed by atoms with E-state index in [9.17, 15) is 8.42 Å². The van der Waals surface area contributed by atoms with Crippen molar-refractivity contribution in [3.63, 3.8) is 0 Å². The van der Waals surface area contributed by atoms with Crippen LogP contribution in [-0.2, 0) is 16.6 Å². The highest BCUT2D eigenvalue weighted by atomic mass is 32.2. The van der Waals surface area contributed by atoms with Gasteiger partial charge in [-0.2, -0.15) is 0 Å². The Labute approximate surface area is 139 Å². The van der Waals surface area contributed by atoms with E-state index in [0.29, 0.717) is 17.1 Å². The maximum atomic E-state index is 12.5. The minimum Gasteiger partial charge on any atom is -0.495 e. The molecule has 1 N–H and O–H groups in total. The highest BCUT2D eigenvalue weighted by Gasteiger charge is 2.20. The third-order valence-electron chi connectivity index (χ3n) is 3.32. The molecule has 0 unspecified atom stereocenters. The van der Waals surface area contributed by atoms with Crippen LogP contribution in [0.1, 0.15) is 5.69 Å². The lowest BCUT2D eigenvalue weighted by atomic mass is 10.2. The Kier molecular flexibility index (Phi) is 4.59. The lowest BCUT2D eigenvalue weighted by Gasteiger charge is -2.11. The van der Waals surface area contributed by atoms with Gasteiger partial charge in [-0.25, -0.2) is 18.1 Å². The fourth-order valence-electron chi connectivity index (χ4n) is 2.20. The van der Waals surface area contributed by atoms with E-state index in [1.165, 1.54) is 31.8 Å². The number of aromatic nitrogens is 2. The molecule has 24 heavy (non-hydrogen) atoms. The number of para-hydroxylation sites is 1. The molecule has 0 saturated heterocycles. The molecule has 124 valence electrons. The summed E-state index contributed by atoms with van der Waals surface area (Å²) >= 11 is 0. The van der Waals surface area contributed by atoms with Gasteiger partial charge in [0.2, 0.25) is 10.0 Å². The summed E-state index contributed by atoms with van der Waals surface area (Å²) in [6, 6.07) is 9.87. The van der Waals surface area contributed by atoms with E-state index in [1.807, 2.05) is 0 Å². The van der Waals surface area contributed by atoms with Gasteiger partial charge in [0.15, 0.2) is 5.76 Å². The standard InChI is InChI=1S/C16H15N3O4S/c1-22-13-5-2-3-7-15(13)24(20,21)19-11-12-16(18-9-8-17-12)14-6-4-10-23-14/h2-10,19H,11H2,1H3. The van der Waals surface area contributed by atoms with Crippen LogP contribution in [0.25, 0.3) is 11.5 Å². The van der Waals surface area contributed by atoms with Crippen LogP contribution >= 0.6 is 0 Å². The number of methoxy groups -OCH3 is 1. The van der Waals surface area contributed by atoms with Crippen LogP contribution in [0.4, 0.5) is 0 Å². The molecule has 0 bridgehead atoms. The predicted octanol–water partition coefficient (Wildman–Crippen LogP) is 2.22. The van der Waals surface area contributed by atoms with E-state index >= 15 is 0 Å². The number of nitrogens with zero attached hydrogens (tertiary/aromatic N) is 2. The SMILES string of the molecule is COc1ccccc1S(=O)(=O)NCc1nccnc1-c1ccco1. The molecule has 1 aromatic carbocycles. The van der Waals surface area contributed by atoms with Gasteiger partial charge in [-0.1, -0.05) is 12.1 Å². The van der Waals surface area contributed by atoms with Gasteiger partial charge in [-0.3, -0.25) is 4.98 Å². The number of furan rings is 1. The lowest BCUT2D eigenvalue weighted by Crippen LogP contribution is -2.24. The van der Waals surface area contributed by atoms with Crippen LogP contribution < -0.4 is 9.46 Å². The van der Waals surface area contributed by atoms with Gasteiger partial charge < -0.3 is 9.15 Å². The predicted molar refractivity (Wildman–Crippen MR) is 86.8 cm³/mol. The van der Waals surface area contributed by atoms with Crippen molar-refractivity contribution in [2.45, 2.75) is 11.4 Å². The lowest BCUT2D eigenvalue weighted by molar-refractivity contribution is 0.402. The van der Waals surface area contributed by atoms with Crippen molar-refractivity contribution in [1.82, 2.24) is 14.7 Å². The molecule has 0 amide bonds. The first-order valence-electron chi connectivity index (χ1n) is 7.08. The Morgan fingerprint density at radius 2 is 1.92 bits per heavy atom. The van der Waals surface area contributed by atoms with Gasteiger partial charge in [0, 0.05) is 12.4 Å². The summed E-state index contributed by atoms with van der Waals surface area (Å²) in [6.07, 6.45) is 4.54. The number of hydrogen-bond donors (Lipinski definition) is 1. The van der Waals surface area contributed by atoms with Crippen LogP contribution in [0.3, 0.4) is 0 Å². The van der Waals surface area contributed by atoms with Gasteiger partial charge >= 0.3 is 0 Å². The second-order valence-corrected chi connectivity index (χ2v) is 6.54. The molecule has 7 nitrogen and oxygen atoms in total. The van der Waals surface area contributed by atoms with Crippen molar-refractivity contribution < 1.29 is 17.6 Å². The maximum absolute atomic E-state index is 12.5. The smallest absolute Gasteiger partial charge is 0.244 e. The Morgan fingerprint density at radius 3 is 2.67 bits per heavy atom. The Balaban J connectivity index is 1.86. The Bertz CT molecular complexity index is 924. The molecule has 0 aliphatic carbocycles. The number of ether oxygens (including phenoxy) is 1. The maximum Gasteiger partial charge on any atom is 0.244 e. The second kappa shape index (κ2) is 6.81. The Hall–Kier alpha value is -2.71. The summed E-state index contributed by atoms with van der Waals surface area (Å²) in [5.41, 5.74) is 0.955. The normalized spacial score (nSPS) is 11.4. The summed E-state index contributed by atoms with van der Waals surface area (Å²) in [7, 11) is -2.34. The monoisotopic (exact) mass is 345 g/mol. The molecule has 2 aromatic heterocycles. The minimum absolute atomic E-state index is 0.0236. The fourth-order valence-corrected chi connectivity index (χ4v) is 3.35. The summed E-state index contributed by atoms with van der Waals surface area (Å²) < 4.78 is 38.0. The molecule has 2 heterocycles. The molecule has 0 atom stereocenters. The first-order chi connectivity index (χ1) is 11.6. The first kappa shape index (κ1) is 16.2. The van der Waals surface area contributed by atoms with Crippen LogP contribution in [0, 0.1) is 0 Å². The van der Waals surface area contributed by atoms with E-state index < -0.39 is 10.0 Å². The molecular weight excluding hydrogens is 330 g/mol. The number of sulfonamides is 1. The molecule has 8 heteroatoms. The average molecular weight is 345 g/mol. The second-order valence-electron chi connectivity index (χ2n) is 4.80. The van der Waals surface area contributed by atoms with E-state index in [2.05, 4.69) is 14.7 Å². The molecule has 0 spiro atoms. The average Bonchev–Trinajstić information content (AvgIpc) is 3.15. The van der Waals surface area contributed by atoms with Crippen molar-refractivity contribution in [2.75, 3.05) is 7.11 Å². The zero-order valence-electron chi connectivity index (χ0n) is 12.8. The van der Waals surface area contributed by atoms with Gasteiger partial charge in [0.05, 0.1) is 25.6 Å². The van der Waals surface area contributed by atoms with Crippen LogP contribution in [0.15, 0.2) is 64.4 Å². The van der Waals surface area contributed by atoms with Crippen molar-refractivity contribution >= 4 is 10.0 Å². The molecule has 0 aliphatic rings. The zero-order chi connectivity index (χ0) is 17.0. The number of hydrogen-bond acceptors (Lipinski definition) is 6. The van der Waals surface area contributed by atoms with E-state index in [0.717, 1.165) is 0 Å².